The number of carbonyl (C=O) groups excluding carboxylic acids is 1. The minimum absolute atomic E-state index is 0.304. The number of carbonyl (C=O) groups is 1. The molecule has 1 heterocycles. The highest BCUT2D eigenvalue weighted by Gasteiger charge is 2.19. The van der Waals surface area contributed by atoms with Crippen LogP contribution in [0.15, 0.2) is 48.5 Å². The average molecular weight is 398 g/mol. The minimum atomic E-state index is -0.304. The summed E-state index contributed by atoms with van der Waals surface area (Å²) in [6.45, 7) is 9.03. The van der Waals surface area contributed by atoms with Crippen LogP contribution in [0.3, 0.4) is 0 Å². The van der Waals surface area contributed by atoms with E-state index in [9.17, 15) is 4.79 Å². The maximum atomic E-state index is 11.7. The summed E-state index contributed by atoms with van der Waals surface area (Å²) < 4.78 is 5.00. The summed E-state index contributed by atoms with van der Waals surface area (Å²) in [6, 6.07) is 15.9. The first-order valence-electron chi connectivity index (χ1n) is 9.66. The fourth-order valence-electron chi connectivity index (χ4n) is 3.17. The SMILES string of the molecule is CCOC(=O)c1ccc(NC(=S)N2CCN(Cc3ccc(C)cc3)CC2)cc1. The average Bonchev–Trinajstić information content (AvgIpc) is 2.71. The van der Waals surface area contributed by atoms with Crippen molar-refractivity contribution in [3.63, 3.8) is 0 Å². The Labute approximate surface area is 172 Å². The Morgan fingerprint density at radius 3 is 2.29 bits per heavy atom. The van der Waals surface area contributed by atoms with Crippen molar-refractivity contribution < 1.29 is 9.53 Å². The minimum Gasteiger partial charge on any atom is -0.462 e. The molecule has 0 unspecified atom stereocenters. The number of esters is 1. The Kier molecular flexibility index (Phi) is 7.01. The highest BCUT2D eigenvalue weighted by atomic mass is 32.1. The molecule has 1 aliphatic rings. The molecular weight excluding hydrogens is 370 g/mol. The Bertz CT molecular complexity index is 798. The predicted molar refractivity (Wildman–Crippen MR) is 117 cm³/mol. The van der Waals surface area contributed by atoms with Gasteiger partial charge in [-0.1, -0.05) is 29.8 Å². The topological polar surface area (TPSA) is 44.8 Å². The Hall–Kier alpha value is -2.44. The molecule has 0 amide bonds. The van der Waals surface area contributed by atoms with Crippen LogP contribution in [0.2, 0.25) is 0 Å². The van der Waals surface area contributed by atoms with E-state index in [0.717, 1.165) is 43.5 Å². The van der Waals surface area contributed by atoms with E-state index in [1.54, 1.807) is 19.1 Å². The fourth-order valence-corrected chi connectivity index (χ4v) is 3.47. The van der Waals surface area contributed by atoms with E-state index in [-0.39, 0.29) is 5.97 Å². The van der Waals surface area contributed by atoms with Crippen molar-refractivity contribution in [3.05, 3.63) is 65.2 Å². The zero-order valence-electron chi connectivity index (χ0n) is 16.5. The van der Waals surface area contributed by atoms with Crippen molar-refractivity contribution in [1.29, 1.82) is 0 Å². The number of nitrogens with one attached hydrogen (secondary N) is 1. The van der Waals surface area contributed by atoms with Gasteiger partial charge < -0.3 is 15.0 Å². The van der Waals surface area contributed by atoms with Crippen LogP contribution in [-0.4, -0.2) is 53.7 Å². The molecule has 0 radical (unpaired) electrons. The van der Waals surface area contributed by atoms with Gasteiger partial charge in [0, 0.05) is 38.4 Å². The number of piperazine rings is 1. The third-order valence-corrected chi connectivity index (χ3v) is 5.19. The zero-order chi connectivity index (χ0) is 19.9. The zero-order valence-corrected chi connectivity index (χ0v) is 17.3. The lowest BCUT2D eigenvalue weighted by Gasteiger charge is -2.36. The van der Waals surface area contributed by atoms with E-state index in [1.165, 1.54) is 11.1 Å². The van der Waals surface area contributed by atoms with Gasteiger partial charge in [0.15, 0.2) is 5.11 Å². The monoisotopic (exact) mass is 397 g/mol. The van der Waals surface area contributed by atoms with Crippen molar-refractivity contribution in [1.82, 2.24) is 9.80 Å². The van der Waals surface area contributed by atoms with Gasteiger partial charge in [0.05, 0.1) is 12.2 Å². The summed E-state index contributed by atoms with van der Waals surface area (Å²) in [5, 5.41) is 3.99. The smallest absolute Gasteiger partial charge is 0.338 e. The first-order valence-corrected chi connectivity index (χ1v) is 10.1. The van der Waals surface area contributed by atoms with Gasteiger partial charge in [-0.05, 0) is 55.9 Å². The van der Waals surface area contributed by atoms with Crippen LogP contribution in [0.25, 0.3) is 0 Å². The van der Waals surface area contributed by atoms with Gasteiger partial charge in [0.25, 0.3) is 0 Å². The van der Waals surface area contributed by atoms with Gasteiger partial charge in [-0.25, -0.2) is 4.79 Å². The molecule has 2 aromatic carbocycles. The second kappa shape index (κ2) is 9.66. The van der Waals surface area contributed by atoms with E-state index in [1.807, 2.05) is 12.1 Å². The molecule has 0 atom stereocenters. The molecule has 1 N–H and O–H groups in total. The quantitative estimate of drug-likeness (QED) is 0.613. The number of nitrogens with zero attached hydrogens (tertiary/aromatic N) is 2. The van der Waals surface area contributed by atoms with Crippen LogP contribution >= 0.6 is 12.2 Å². The molecule has 0 spiro atoms. The molecule has 0 bridgehead atoms. The Morgan fingerprint density at radius 1 is 1.04 bits per heavy atom. The fraction of sp³-hybridized carbons (Fsp3) is 0.364. The normalized spacial score (nSPS) is 14.6. The third kappa shape index (κ3) is 5.53. The number of thiocarbonyl (C=S) groups is 1. The van der Waals surface area contributed by atoms with Gasteiger partial charge in [-0.2, -0.15) is 0 Å². The lowest BCUT2D eigenvalue weighted by atomic mass is 10.1. The van der Waals surface area contributed by atoms with E-state index >= 15 is 0 Å². The lowest BCUT2D eigenvalue weighted by Crippen LogP contribution is -2.49. The largest absolute Gasteiger partial charge is 0.462 e. The summed E-state index contributed by atoms with van der Waals surface area (Å²) in [4.78, 5) is 16.4. The molecule has 2 aromatic rings. The summed E-state index contributed by atoms with van der Waals surface area (Å²) in [6.07, 6.45) is 0. The maximum Gasteiger partial charge on any atom is 0.338 e. The highest BCUT2D eigenvalue weighted by molar-refractivity contribution is 7.80. The molecular formula is C22H27N3O2S. The first-order chi connectivity index (χ1) is 13.5. The first kappa shape index (κ1) is 20.3. The van der Waals surface area contributed by atoms with Crippen molar-refractivity contribution in [2.24, 2.45) is 0 Å². The maximum absolute atomic E-state index is 11.7. The number of rotatable bonds is 5. The van der Waals surface area contributed by atoms with Crippen LogP contribution in [0.4, 0.5) is 5.69 Å². The van der Waals surface area contributed by atoms with Crippen molar-refractivity contribution in [2.45, 2.75) is 20.4 Å². The second-order valence-electron chi connectivity index (χ2n) is 6.98. The molecule has 5 nitrogen and oxygen atoms in total. The molecule has 1 saturated heterocycles. The number of benzene rings is 2. The van der Waals surface area contributed by atoms with Crippen LogP contribution < -0.4 is 5.32 Å². The highest BCUT2D eigenvalue weighted by Crippen LogP contribution is 2.14. The molecule has 0 saturated carbocycles. The van der Waals surface area contributed by atoms with E-state index in [0.29, 0.717) is 12.2 Å². The Morgan fingerprint density at radius 2 is 1.68 bits per heavy atom. The number of anilines is 1. The summed E-state index contributed by atoms with van der Waals surface area (Å²) in [7, 11) is 0. The molecule has 3 rings (SSSR count). The molecule has 0 aliphatic carbocycles. The number of ether oxygens (including phenoxy) is 1. The van der Waals surface area contributed by atoms with Crippen LogP contribution in [0.5, 0.6) is 0 Å². The summed E-state index contributed by atoms with van der Waals surface area (Å²) in [5.74, 6) is -0.304. The van der Waals surface area contributed by atoms with Crippen LogP contribution in [0, 0.1) is 6.92 Å². The van der Waals surface area contributed by atoms with Gasteiger partial charge in [-0.15, -0.1) is 0 Å². The van der Waals surface area contributed by atoms with Crippen molar-refractivity contribution in [3.8, 4) is 0 Å². The van der Waals surface area contributed by atoms with Crippen molar-refractivity contribution >= 4 is 29.0 Å². The number of aryl methyl sites for hydroxylation is 1. The summed E-state index contributed by atoms with van der Waals surface area (Å²) in [5.41, 5.74) is 4.06. The standard InChI is InChI=1S/C22H27N3O2S/c1-3-27-21(26)19-8-10-20(11-9-19)23-22(28)25-14-12-24(13-15-25)16-18-6-4-17(2)5-7-18/h4-11H,3,12-16H2,1-2H3,(H,23,28). The van der Waals surface area contributed by atoms with Gasteiger partial charge in [-0.3, -0.25) is 4.90 Å². The molecule has 6 heteroatoms. The third-order valence-electron chi connectivity index (χ3n) is 4.83. The van der Waals surface area contributed by atoms with Gasteiger partial charge in [0.1, 0.15) is 0 Å². The van der Waals surface area contributed by atoms with Crippen LogP contribution in [0.1, 0.15) is 28.4 Å². The predicted octanol–water partition coefficient (Wildman–Crippen LogP) is 3.69. The van der Waals surface area contributed by atoms with E-state index in [4.69, 9.17) is 17.0 Å². The van der Waals surface area contributed by atoms with Crippen LogP contribution in [-0.2, 0) is 11.3 Å². The molecule has 0 aromatic heterocycles. The van der Waals surface area contributed by atoms with E-state index in [2.05, 4.69) is 46.3 Å². The Balaban J connectivity index is 1.47. The lowest BCUT2D eigenvalue weighted by molar-refractivity contribution is 0.0526. The summed E-state index contributed by atoms with van der Waals surface area (Å²) >= 11 is 5.57. The molecule has 28 heavy (non-hydrogen) atoms. The number of hydrogen-bond acceptors (Lipinski definition) is 4. The number of hydrogen-bond donors (Lipinski definition) is 1. The second-order valence-corrected chi connectivity index (χ2v) is 7.36. The van der Waals surface area contributed by atoms with E-state index < -0.39 is 0 Å². The molecule has 1 fully saturated rings. The molecule has 148 valence electrons. The van der Waals surface area contributed by atoms with Crippen molar-refractivity contribution in [2.75, 3.05) is 38.1 Å². The van der Waals surface area contributed by atoms with Gasteiger partial charge >= 0.3 is 5.97 Å². The molecule has 1 aliphatic heterocycles. The van der Waals surface area contributed by atoms with Gasteiger partial charge in [0.2, 0.25) is 0 Å².